The highest BCUT2D eigenvalue weighted by Crippen LogP contribution is 2.28. The Hall–Kier alpha value is -2.49. The predicted molar refractivity (Wildman–Crippen MR) is 100.0 cm³/mol. The Balaban J connectivity index is 2.16. The summed E-state index contributed by atoms with van der Waals surface area (Å²) >= 11 is 0. The van der Waals surface area contributed by atoms with Crippen LogP contribution >= 0.6 is 0 Å². The molecule has 128 valence electrons. The number of hydrogen-bond acceptors (Lipinski definition) is 3. The second kappa shape index (κ2) is 7.86. The van der Waals surface area contributed by atoms with Crippen LogP contribution in [0.4, 0.5) is 11.4 Å². The standard InChI is InChI=1S/C20H26N2O2/c1-14(2)19(15-6-12-18(24-5)13-7-15)20(23)21-16-8-10-17(11-9-16)22(3)4/h6-14,19H,1-5H3,(H,21,23). The third-order valence-corrected chi connectivity index (χ3v) is 4.08. The van der Waals surface area contributed by atoms with Gasteiger partial charge in [-0.1, -0.05) is 26.0 Å². The molecule has 2 rings (SSSR count). The van der Waals surface area contributed by atoms with Gasteiger partial charge in [-0.3, -0.25) is 4.79 Å². The van der Waals surface area contributed by atoms with E-state index in [9.17, 15) is 4.79 Å². The maximum Gasteiger partial charge on any atom is 0.232 e. The van der Waals surface area contributed by atoms with Gasteiger partial charge in [0.2, 0.25) is 5.91 Å². The molecule has 0 radical (unpaired) electrons. The van der Waals surface area contributed by atoms with E-state index in [0.717, 1.165) is 22.7 Å². The summed E-state index contributed by atoms with van der Waals surface area (Å²) in [6, 6.07) is 15.5. The smallest absolute Gasteiger partial charge is 0.232 e. The van der Waals surface area contributed by atoms with E-state index >= 15 is 0 Å². The van der Waals surface area contributed by atoms with Crippen LogP contribution in [0.5, 0.6) is 5.75 Å². The second-order valence-corrected chi connectivity index (χ2v) is 6.43. The summed E-state index contributed by atoms with van der Waals surface area (Å²) in [5.41, 5.74) is 2.90. The number of hydrogen-bond donors (Lipinski definition) is 1. The van der Waals surface area contributed by atoms with Crippen LogP contribution in [0, 0.1) is 5.92 Å². The number of rotatable bonds is 6. The Morgan fingerprint density at radius 3 is 2.04 bits per heavy atom. The highest BCUT2D eigenvalue weighted by Gasteiger charge is 2.24. The van der Waals surface area contributed by atoms with Crippen LogP contribution in [-0.4, -0.2) is 27.1 Å². The Labute approximate surface area is 144 Å². The largest absolute Gasteiger partial charge is 0.497 e. The SMILES string of the molecule is COc1ccc(C(C(=O)Nc2ccc(N(C)C)cc2)C(C)C)cc1. The van der Waals surface area contributed by atoms with E-state index in [1.807, 2.05) is 67.5 Å². The first kappa shape index (κ1) is 17.9. The molecule has 0 heterocycles. The number of anilines is 2. The van der Waals surface area contributed by atoms with Crippen molar-refractivity contribution < 1.29 is 9.53 Å². The van der Waals surface area contributed by atoms with E-state index in [1.165, 1.54) is 0 Å². The number of carbonyl (C=O) groups is 1. The molecule has 24 heavy (non-hydrogen) atoms. The Bertz CT molecular complexity index is 661. The fourth-order valence-corrected chi connectivity index (χ4v) is 2.71. The quantitative estimate of drug-likeness (QED) is 0.867. The molecule has 0 saturated carbocycles. The van der Waals surface area contributed by atoms with Crippen LogP contribution in [0.15, 0.2) is 48.5 Å². The molecule has 0 saturated heterocycles. The van der Waals surface area contributed by atoms with Gasteiger partial charge in [0, 0.05) is 25.5 Å². The Morgan fingerprint density at radius 1 is 1.00 bits per heavy atom. The summed E-state index contributed by atoms with van der Waals surface area (Å²) in [6.07, 6.45) is 0. The summed E-state index contributed by atoms with van der Waals surface area (Å²) in [7, 11) is 5.62. The molecule has 0 aliphatic heterocycles. The molecule has 0 bridgehead atoms. The first-order valence-electron chi connectivity index (χ1n) is 8.14. The van der Waals surface area contributed by atoms with E-state index in [1.54, 1.807) is 7.11 Å². The van der Waals surface area contributed by atoms with Gasteiger partial charge < -0.3 is 15.0 Å². The Morgan fingerprint density at radius 2 is 1.58 bits per heavy atom. The van der Waals surface area contributed by atoms with Crippen molar-refractivity contribution in [2.45, 2.75) is 19.8 Å². The molecule has 1 unspecified atom stereocenters. The molecule has 2 aromatic rings. The third kappa shape index (κ3) is 4.28. The molecule has 1 amide bonds. The first-order chi connectivity index (χ1) is 11.4. The molecule has 1 atom stereocenters. The molecular formula is C20H26N2O2. The third-order valence-electron chi connectivity index (χ3n) is 4.08. The van der Waals surface area contributed by atoms with Crippen LogP contribution in [0.1, 0.15) is 25.3 Å². The highest BCUT2D eigenvalue weighted by atomic mass is 16.5. The van der Waals surface area contributed by atoms with Gasteiger partial charge in [-0.15, -0.1) is 0 Å². The maximum absolute atomic E-state index is 12.8. The lowest BCUT2D eigenvalue weighted by Crippen LogP contribution is -2.25. The number of amides is 1. The summed E-state index contributed by atoms with van der Waals surface area (Å²) in [4.78, 5) is 14.8. The number of nitrogens with zero attached hydrogens (tertiary/aromatic N) is 1. The minimum absolute atomic E-state index is 0.00719. The number of methoxy groups -OCH3 is 1. The number of benzene rings is 2. The first-order valence-corrected chi connectivity index (χ1v) is 8.14. The van der Waals surface area contributed by atoms with Gasteiger partial charge in [-0.2, -0.15) is 0 Å². The monoisotopic (exact) mass is 326 g/mol. The summed E-state index contributed by atoms with van der Waals surface area (Å²) in [6.45, 7) is 4.12. The summed E-state index contributed by atoms with van der Waals surface area (Å²) in [5, 5.41) is 3.03. The number of nitrogens with one attached hydrogen (secondary N) is 1. The zero-order valence-corrected chi connectivity index (χ0v) is 15.0. The van der Waals surface area contributed by atoms with Gasteiger partial charge in [0.15, 0.2) is 0 Å². The lowest BCUT2D eigenvalue weighted by atomic mass is 9.87. The van der Waals surface area contributed by atoms with Crippen molar-refractivity contribution in [3.05, 3.63) is 54.1 Å². The lowest BCUT2D eigenvalue weighted by molar-refractivity contribution is -0.118. The van der Waals surface area contributed by atoms with Crippen LogP contribution in [-0.2, 0) is 4.79 Å². The van der Waals surface area contributed by atoms with E-state index in [-0.39, 0.29) is 17.7 Å². The average Bonchev–Trinajstić information content (AvgIpc) is 2.55. The fraction of sp³-hybridized carbons (Fsp3) is 0.350. The van der Waals surface area contributed by atoms with E-state index in [0.29, 0.717) is 0 Å². The molecule has 0 spiro atoms. The van der Waals surface area contributed by atoms with Crippen LogP contribution in [0.25, 0.3) is 0 Å². The predicted octanol–water partition coefficient (Wildman–Crippen LogP) is 4.14. The van der Waals surface area contributed by atoms with E-state index in [4.69, 9.17) is 4.74 Å². The number of carbonyl (C=O) groups excluding carboxylic acids is 1. The summed E-state index contributed by atoms with van der Waals surface area (Å²) in [5.74, 6) is 0.789. The average molecular weight is 326 g/mol. The van der Waals surface area contributed by atoms with Crippen molar-refractivity contribution in [3.63, 3.8) is 0 Å². The molecular weight excluding hydrogens is 300 g/mol. The van der Waals surface area contributed by atoms with Crippen LogP contribution < -0.4 is 15.0 Å². The molecule has 2 aromatic carbocycles. The molecule has 0 aliphatic rings. The molecule has 4 nitrogen and oxygen atoms in total. The van der Waals surface area contributed by atoms with E-state index < -0.39 is 0 Å². The van der Waals surface area contributed by atoms with Gasteiger partial charge in [0.25, 0.3) is 0 Å². The molecule has 1 N–H and O–H groups in total. The normalized spacial score (nSPS) is 11.9. The fourth-order valence-electron chi connectivity index (χ4n) is 2.71. The lowest BCUT2D eigenvalue weighted by Gasteiger charge is -2.21. The Kier molecular flexibility index (Phi) is 5.85. The molecule has 0 aromatic heterocycles. The minimum Gasteiger partial charge on any atom is -0.497 e. The van der Waals surface area contributed by atoms with Crippen molar-refractivity contribution in [1.82, 2.24) is 0 Å². The highest BCUT2D eigenvalue weighted by molar-refractivity contribution is 5.96. The second-order valence-electron chi connectivity index (χ2n) is 6.43. The molecule has 0 aliphatic carbocycles. The van der Waals surface area contributed by atoms with Crippen LogP contribution in [0.2, 0.25) is 0 Å². The zero-order chi connectivity index (χ0) is 17.7. The van der Waals surface area contributed by atoms with Gasteiger partial charge in [-0.25, -0.2) is 0 Å². The maximum atomic E-state index is 12.8. The van der Waals surface area contributed by atoms with Crippen LogP contribution in [0.3, 0.4) is 0 Å². The molecule has 0 fully saturated rings. The van der Waals surface area contributed by atoms with Crippen molar-refractivity contribution >= 4 is 17.3 Å². The summed E-state index contributed by atoms with van der Waals surface area (Å²) < 4.78 is 5.19. The van der Waals surface area contributed by atoms with Gasteiger partial charge in [0.05, 0.1) is 13.0 Å². The minimum atomic E-state index is -0.204. The van der Waals surface area contributed by atoms with Crippen molar-refractivity contribution in [1.29, 1.82) is 0 Å². The van der Waals surface area contributed by atoms with Crippen molar-refractivity contribution in [3.8, 4) is 5.75 Å². The zero-order valence-electron chi connectivity index (χ0n) is 15.0. The van der Waals surface area contributed by atoms with E-state index in [2.05, 4.69) is 19.2 Å². The number of ether oxygens (including phenoxy) is 1. The van der Waals surface area contributed by atoms with Crippen molar-refractivity contribution in [2.24, 2.45) is 5.92 Å². The topological polar surface area (TPSA) is 41.6 Å². The van der Waals surface area contributed by atoms with Gasteiger partial charge >= 0.3 is 0 Å². The molecule has 4 heteroatoms. The van der Waals surface area contributed by atoms with Gasteiger partial charge in [0.1, 0.15) is 5.75 Å². The van der Waals surface area contributed by atoms with Crippen molar-refractivity contribution in [2.75, 3.05) is 31.4 Å². The van der Waals surface area contributed by atoms with Gasteiger partial charge in [-0.05, 0) is 47.9 Å².